The Morgan fingerprint density at radius 1 is 1.23 bits per heavy atom. The molecule has 0 aliphatic heterocycles. The van der Waals surface area contributed by atoms with Crippen molar-refractivity contribution in [3.8, 4) is 0 Å². The summed E-state index contributed by atoms with van der Waals surface area (Å²) in [5.74, 6) is 0.853. The summed E-state index contributed by atoms with van der Waals surface area (Å²) in [5.41, 5.74) is 0.689. The number of hydrogen-bond acceptors (Lipinski definition) is 4. The van der Waals surface area contributed by atoms with E-state index in [1.807, 2.05) is 13.0 Å². The topological polar surface area (TPSA) is 83.8 Å². The van der Waals surface area contributed by atoms with Crippen molar-refractivity contribution in [3.63, 3.8) is 0 Å². The molecule has 0 bridgehead atoms. The number of carboxylic acid groups (broad SMARTS) is 1. The average molecular weight is 433 g/mol. The molecule has 0 spiro atoms. The van der Waals surface area contributed by atoms with Gasteiger partial charge in [-0.1, -0.05) is 19.9 Å². The van der Waals surface area contributed by atoms with E-state index in [0.717, 1.165) is 44.1 Å². The SMILES string of the molecule is C/C=C1/C(=O)[C@@H]2[C@H](CC[C@]3(OC)C([C@H](C)CCC(=O)O)CC[C@@H]23)[C@@]2(C)CC[C@@H](O)C[C@@H]12. The van der Waals surface area contributed by atoms with Crippen molar-refractivity contribution in [2.24, 2.45) is 40.9 Å². The van der Waals surface area contributed by atoms with Crippen LogP contribution >= 0.6 is 0 Å². The van der Waals surface area contributed by atoms with Gasteiger partial charge >= 0.3 is 5.97 Å². The molecule has 9 atom stereocenters. The lowest BCUT2D eigenvalue weighted by molar-refractivity contribution is -0.177. The summed E-state index contributed by atoms with van der Waals surface area (Å²) in [4.78, 5) is 25.0. The van der Waals surface area contributed by atoms with Gasteiger partial charge in [0.05, 0.1) is 11.7 Å². The smallest absolute Gasteiger partial charge is 0.303 e. The predicted molar refractivity (Wildman–Crippen MR) is 118 cm³/mol. The van der Waals surface area contributed by atoms with Crippen LogP contribution in [0.4, 0.5) is 0 Å². The second-order valence-corrected chi connectivity index (χ2v) is 11.1. The number of Topliss-reactive ketones (excluding diaryl/α,β-unsaturated/α-hetero) is 1. The number of ether oxygens (including phenoxy) is 1. The van der Waals surface area contributed by atoms with Crippen molar-refractivity contribution >= 4 is 11.8 Å². The molecular weight excluding hydrogens is 392 g/mol. The minimum Gasteiger partial charge on any atom is -0.481 e. The Labute approximate surface area is 186 Å². The lowest BCUT2D eigenvalue weighted by Crippen LogP contribution is -2.61. The largest absolute Gasteiger partial charge is 0.481 e. The summed E-state index contributed by atoms with van der Waals surface area (Å²) in [6, 6.07) is 0. The van der Waals surface area contributed by atoms with Crippen LogP contribution in [0, 0.1) is 40.9 Å². The molecule has 174 valence electrons. The molecule has 4 fully saturated rings. The zero-order chi connectivity index (χ0) is 22.6. The number of carboxylic acids is 1. The van der Waals surface area contributed by atoms with Crippen LogP contribution in [0.25, 0.3) is 0 Å². The van der Waals surface area contributed by atoms with Crippen molar-refractivity contribution in [1.29, 1.82) is 0 Å². The van der Waals surface area contributed by atoms with Gasteiger partial charge in [0, 0.05) is 19.4 Å². The van der Waals surface area contributed by atoms with E-state index >= 15 is 0 Å². The molecule has 0 radical (unpaired) electrons. The number of carbonyl (C=O) groups is 2. The van der Waals surface area contributed by atoms with Gasteiger partial charge in [-0.15, -0.1) is 0 Å². The highest BCUT2D eigenvalue weighted by Crippen LogP contribution is 2.66. The standard InChI is InChI=1S/C26H40O5/c1-5-17-21-14-16(27)10-12-25(21,3)19-11-13-26(31-4)18(15(2)6-9-22(28)29)7-8-20(26)23(19)24(17)30/h5,15-16,18-21,23,27H,6-14H2,1-4H3,(H,28,29)/b17-5+/t15-,16-,18?,19+,20+,21+,23-,25-,26+/m1/s1. The summed E-state index contributed by atoms with van der Waals surface area (Å²) < 4.78 is 6.34. The Kier molecular flexibility index (Phi) is 6.15. The minimum absolute atomic E-state index is 0.00642. The zero-order valence-corrected chi connectivity index (χ0v) is 19.6. The number of hydrogen-bond donors (Lipinski definition) is 2. The number of ketones is 1. The highest BCUT2D eigenvalue weighted by molar-refractivity contribution is 5.99. The van der Waals surface area contributed by atoms with Crippen LogP contribution in [-0.4, -0.2) is 40.8 Å². The van der Waals surface area contributed by atoms with E-state index in [1.165, 1.54) is 0 Å². The van der Waals surface area contributed by atoms with E-state index in [9.17, 15) is 14.7 Å². The van der Waals surface area contributed by atoms with Crippen LogP contribution in [-0.2, 0) is 14.3 Å². The molecule has 2 N–H and O–H groups in total. The monoisotopic (exact) mass is 432 g/mol. The second kappa shape index (κ2) is 8.30. The average Bonchev–Trinajstić information content (AvgIpc) is 3.13. The molecule has 5 heteroatoms. The van der Waals surface area contributed by atoms with Crippen molar-refractivity contribution in [3.05, 3.63) is 11.6 Å². The van der Waals surface area contributed by atoms with Crippen LogP contribution in [0.2, 0.25) is 0 Å². The number of allylic oxidation sites excluding steroid dienone is 2. The fourth-order valence-corrected chi connectivity index (χ4v) is 8.59. The quantitative estimate of drug-likeness (QED) is 0.619. The van der Waals surface area contributed by atoms with Crippen molar-refractivity contribution < 1.29 is 24.5 Å². The maximum absolute atomic E-state index is 13.9. The van der Waals surface area contributed by atoms with E-state index in [1.54, 1.807) is 7.11 Å². The summed E-state index contributed by atoms with van der Waals surface area (Å²) in [6.07, 6.45) is 9.05. The Bertz CT molecular complexity index is 759. The Morgan fingerprint density at radius 3 is 2.61 bits per heavy atom. The highest BCUT2D eigenvalue weighted by Gasteiger charge is 2.65. The Morgan fingerprint density at radius 2 is 1.97 bits per heavy atom. The fraction of sp³-hybridized carbons (Fsp3) is 0.846. The third-order valence-corrected chi connectivity index (χ3v) is 10.1. The van der Waals surface area contributed by atoms with E-state index in [0.29, 0.717) is 30.5 Å². The van der Waals surface area contributed by atoms with Gasteiger partial charge < -0.3 is 14.9 Å². The van der Waals surface area contributed by atoms with E-state index in [-0.39, 0.29) is 47.2 Å². The number of methoxy groups -OCH3 is 1. The Balaban J connectivity index is 1.67. The number of aliphatic carboxylic acids is 1. The van der Waals surface area contributed by atoms with E-state index in [4.69, 9.17) is 9.84 Å². The van der Waals surface area contributed by atoms with Crippen LogP contribution in [0.1, 0.15) is 78.6 Å². The molecule has 0 heterocycles. The number of rotatable bonds is 5. The molecule has 0 amide bonds. The Hall–Kier alpha value is -1.20. The molecule has 0 saturated heterocycles. The third-order valence-electron chi connectivity index (χ3n) is 10.1. The summed E-state index contributed by atoms with van der Waals surface area (Å²) in [7, 11) is 1.81. The van der Waals surface area contributed by atoms with Crippen molar-refractivity contribution in [2.75, 3.05) is 7.11 Å². The van der Waals surface area contributed by atoms with Gasteiger partial charge in [-0.25, -0.2) is 0 Å². The van der Waals surface area contributed by atoms with Gasteiger partial charge in [0.25, 0.3) is 0 Å². The molecule has 4 rings (SSSR count). The fourth-order valence-electron chi connectivity index (χ4n) is 8.59. The number of aliphatic hydroxyl groups is 1. The van der Waals surface area contributed by atoms with Crippen LogP contribution < -0.4 is 0 Å². The number of carbonyl (C=O) groups excluding carboxylic acids is 1. The van der Waals surface area contributed by atoms with E-state index in [2.05, 4.69) is 13.8 Å². The first-order valence-electron chi connectivity index (χ1n) is 12.3. The first-order chi connectivity index (χ1) is 14.7. The molecule has 31 heavy (non-hydrogen) atoms. The van der Waals surface area contributed by atoms with Gasteiger partial charge in [0.15, 0.2) is 5.78 Å². The van der Waals surface area contributed by atoms with Crippen molar-refractivity contribution in [1.82, 2.24) is 0 Å². The van der Waals surface area contributed by atoms with Gasteiger partial charge in [0.2, 0.25) is 0 Å². The lowest BCUT2D eigenvalue weighted by atomic mass is 9.44. The molecular formula is C26H40O5. The maximum atomic E-state index is 13.9. The molecule has 1 unspecified atom stereocenters. The predicted octanol–water partition coefficient (Wildman–Crippen LogP) is 4.62. The first-order valence-corrected chi connectivity index (χ1v) is 12.3. The molecule has 5 nitrogen and oxygen atoms in total. The van der Waals surface area contributed by atoms with Gasteiger partial charge in [-0.05, 0) is 98.9 Å². The second-order valence-electron chi connectivity index (χ2n) is 11.1. The van der Waals surface area contributed by atoms with Crippen molar-refractivity contribution in [2.45, 2.75) is 90.3 Å². The van der Waals surface area contributed by atoms with Gasteiger partial charge in [-0.3, -0.25) is 9.59 Å². The highest BCUT2D eigenvalue weighted by atomic mass is 16.5. The third kappa shape index (κ3) is 3.42. The normalized spacial score (nSPS) is 46.9. The number of aliphatic hydroxyl groups excluding tert-OH is 1. The lowest BCUT2D eigenvalue weighted by Gasteiger charge is -2.61. The van der Waals surface area contributed by atoms with Crippen LogP contribution in [0.3, 0.4) is 0 Å². The molecule has 0 aromatic heterocycles. The van der Waals surface area contributed by atoms with Crippen LogP contribution in [0.5, 0.6) is 0 Å². The molecule has 4 aliphatic carbocycles. The molecule has 4 aliphatic rings. The van der Waals surface area contributed by atoms with Crippen LogP contribution in [0.15, 0.2) is 11.6 Å². The molecule has 0 aromatic rings. The summed E-state index contributed by atoms with van der Waals surface area (Å²) >= 11 is 0. The zero-order valence-electron chi connectivity index (χ0n) is 19.6. The first kappa shape index (κ1) is 23.0. The maximum Gasteiger partial charge on any atom is 0.303 e. The van der Waals surface area contributed by atoms with E-state index < -0.39 is 5.97 Å². The van der Waals surface area contributed by atoms with Gasteiger partial charge in [-0.2, -0.15) is 0 Å². The van der Waals surface area contributed by atoms with Gasteiger partial charge in [0.1, 0.15) is 0 Å². The number of fused-ring (bicyclic) bond motifs is 5. The summed E-state index contributed by atoms with van der Waals surface area (Å²) in [5, 5.41) is 19.5. The molecule has 0 aromatic carbocycles. The minimum atomic E-state index is -0.741. The molecule has 4 saturated carbocycles. The summed E-state index contributed by atoms with van der Waals surface area (Å²) in [6.45, 7) is 6.52.